The minimum absolute atomic E-state index is 0.408. The Morgan fingerprint density at radius 2 is 1.76 bits per heavy atom. The molecule has 1 unspecified atom stereocenters. The molecule has 1 aliphatic heterocycles. The Kier molecular flexibility index (Phi) is 4.48. The maximum atomic E-state index is 3.77. The van der Waals surface area contributed by atoms with Gasteiger partial charge in [-0.3, -0.25) is 0 Å². The van der Waals surface area contributed by atoms with E-state index in [1.807, 2.05) is 0 Å². The van der Waals surface area contributed by atoms with Crippen LogP contribution in [0.4, 0.5) is 0 Å². The van der Waals surface area contributed by atoms with Crippen LogP contribution >= 0.6 is 0 Å². The summed E-state index contributed by atoms with van der Waals surface area (Å²) in [5.74, 6) is 0. The Morgan fingerprint density at radius 3 is 2.35 bits per heavy atom. The van der Waals surface area contributed by atoms with Crippen molar-refractivity contribution in [3.05, 3.63) is 0 Å². The lowest BCUT2D eigenvalue weighted by Gasteiger charge is -2.36. The standard InChI is InChI=1S/C15H30N2/c1-3-15(10-7-11-17-15)13-16-12-14(2)8-5-4-6-9-14/h16-17H,3-13H2,1-2H3. The van der Waals surface area contributed by atoms with Gasteiger partial charge < -0.3 is 10.6 Å². The van der Waals surface area contributed by atoms with Crippen molar-refractivity contribution < 1.29 is 0 Å². The summed E-state index contributed by atoms with van der Waals surface area (Å²) in [5, 5.41) is 7.47. The topological polar surface area (TPSA) is 24.1 Å². The van der Waals surface area contributed by atoms with E-state index in [1.54, 1.807) is 0 Å². The molecular formula is C15H30N2. The molecule has 0 aromatic carbocycles. The summed E-state index contributed by atoms with van der Waals surface area (Å²) >= 11 is 0. The maximum Gasteiger partial charge on any atom is 0.0304 e. The van der Waals surface area contributed by atoms with Crippen LogP contribution in [0, 0.1) is 5.41 Å². The molecule has 0 bridgehead atoms. The minimum Gasteiger partial charge on any atom is -0.314 e. The lowest BCUT2D eigenvalue weighted by atomic mass is 9.75. The molecule has 0 aromatic heterocycles. The van der Waals surface area contributed by atoms with Gasteiger partial charge in [-0.25, -0.2) is 0 Å². The maximum absolute atomic E-state index is 3.77. The second-order valence-electron chi connectivity index (χ2n) is 6.64. The predicted molar refractivity (Wildman–Crippen MR) is 74.3 cm³/mol. The van der Waals surface area contributed by atoms with E-state index in [2.05, 4.69) is 24.5 Å². The Labute approximate surface area is 107 Å². The minimum atomic E-state index is 0.408. The highest BCUT2D eigenvalue weighted by molar-refractivity contribution is 4.94. The van der Waals surface area contributed by atoms with E-state index in [-0.39, 0.29) is 0 Å². The SMILES string of the molecule is CCC1(CNCC2(C)CCCCC2)CCCN1. The van der Waals surface area contributed by atoms with Gasteiger partial charge in [0.1, 0.15) is 0 Å². The largest absolute Gasteiger partial charge is 0.314 e. The summed E-state index contributed by atoms with van der Waals surface area (Å²) in [7, 11) is 0. The molecule has 2 nitrogen and oxygen atoms in total. The molecule has 17 heavy (non-hydrogen) atoms. The molecule has 1 saturated carbocycles. The van der Waals surface area contributed by atoms with Crippen molar-refractivity contribution in [2.75, 3.05) is 19.6 Å². The van der Waals surface area contributed by atoms with Crippen LogP contribution in [0.5, 0.6) is 0 Å². The van der Waals surface area contributed by atoms with Crippen LogP contribution in [0.2, 0.25) is 0 Å². The predicted octanol–water partition coefficient (Wildman–Crippen LogP) is 3.08. The first-order valence-electron chi connectivity index (χ1n) is 7.64. The normalized spacial score (nSPS) is 32.8. The highest BCUT2D eigenvalue weighted by Gasteiger charge is 2.32. The summed E-state index contributed by atoms with van der Waals surface area (Å²) in [4.78, 5) is 0. The molecule has 0 amide bonds. The molecule has 2 rings (SSSR count). The van der Waals surface area contributed by atoms with E-state index < -0.39 is 0 Å². The first-order chi connectivity index (χ1) is 8.18. The fraction of sp³-hybridized carbons (Fsp3) is 1.00. The van der Waals surface area contributed by atoms with Crippen LogP contribution in [0.1, 0.15) is 65.2 Å². The lowest BCUT2D eigenvalue weighted by Crippen LogP contribution is -2.49. The van der Waals surface area contributed by atoms with Crippen LogP contribution in [-0.2, 0) is 0 Å². The van der Waals surface area contributed by atoms with Crippen LogP contribution in [-0.4, -0.2) is 25.2 Å². The Morgan fingerprint density at radius 1 is 1.00 bits per heavy atom. The van der Waals surface area contributed by atoms with E-state index in [4.69, 9.17) is 0 Å². The van der Waals surface area contributed by atoms with Crippen LogP contribution in [0.3, 0.4) is 0 Å². The molecule has 1 atom stereocenters. The zero-order valence-electron chi connectivity index (χ0n) is 11.8. The highest BCUT2D eigenvalue weighted by Crippen LogP contribution is 2.35. The van der Waals surface area contributed by atoms with Crippen molar-refractivity contribution in [1.29, 1.82) is 0 Å². The van der Waals surface area contributed by atoms with Crippen LogP contribution in [0.25, 0.3) is 0 Å². The van der Waals surface area contributed by atoms with E-state index in [9.17, 15) is 0 Å². The summed E-state index contributed by atoms with van der Waals surface area (Å²) in [5.41, 5.74) is 0.983. The molecule has 2 aliphatic rings. The number of hydrogen-bond donors (Lipinski definition) is 2. The third kappa shape index (κ3) is 3.45. The molecule has 2 fully saturated rings. The second-order valence-corrected chi connectivity index (χ2v) is 6.64. The van der Waals surface area contributed by atoms with Crippen LogP contribution < -0.4 is 10.6 Å². The smallest absolute Gasteiger partial charge is 0.0304 e. The van der Waals surface area contributed by atoms with E-state index in [1.165, 1.54) is 71.0 Å². The van der Waals surface area contributed by atoms with E-state index >= 15 is 0 Å². The molecule has 100 valence electrons. The zero-order valence-corrected chi connectivity index (χ0v) is 11.8. The zero-order chi connectivity index (χ0) is 12.2. The van der Waals surface area contributed by atoms with E-state index in [0.29, 0.717) is 11.0 Å². The first kappa shape index (κ1) is 13.4. The van der Waals surface area contributed by atoms with Crippen molar-refractivity contribution in [3.63, 3.8) is 0 Å². The van der Waals surface area contributed by atoms with Gasteiger partial charge >= 0.3 is 0 Å². The van der Waals surface area contributed by atoms with Crippen molar-refractivity contribution in [2.24, 2.45) is 5.41 Å². The van der Waals surface area contributed by atoms with Gasteiger partial charge in [-0.1, -0.05) is 33.1 Å². The Balaban J connectivity index is 1.74. The third-order valence-corrected chi connectivity index (χ3v) is 5.08. The Hall–Kier alpha value is -0.0800. The third-order valence-electron chi connectivity index (χ3n) is 5.08. The van der Waals surface area contributed by atoms with E-state index in [0.717, 1.165) is 0 Å². The summed E-state index contributed by atoms with van der Waals surface area (Å²) in [6.45, 7) is 8.39. The van der Waals surface area contributed by atoms with Gasteiger partial charge in [0.15, 0.2) is 0 Å². The number of rotatable bonds is 5. The van der Waals surface area contributed by atoms with Gasteiger partial charge in [0.25, 0.3) is 0 Å². The van der Waals surface area contributed by atoms with Gasteiger partial charge in [0.2, 0.25) is 0 Å². The number of nitrogens with one attached hydrogen (secondary N) is 2. The lowest BCUT2D eigenvalue weighted by molar-refractivity contribution is 0.198. The van der Waals surface area contributed by atoms with Crippen molar-refractivity contribution in [3.8, 4) is 0 Å². The highest BCUT2D eigenvalue weighted by atomic mass is 15.1. The molecule has 0 spiro atoms. The molecule has 0 aromatic rings. The van der Waals surface area contributed by atoms with Crippen molar-refractivity contribution >= 4 is 0 Å². The first-order valence-corrected chi connectivity index (χ1v) is 7.64. The van der Waals surface area contributed by atoms with Crippen LogP contribution in [0.15, 0.2) is 0 Å². The quantitative estimate of drug-likeness (QED) is 0.769. The molecular weight excluding hydrogens is 208 g/mol. The van der Waals surface area contributed by atoms with Gasteiger partial charge in [-0.2, -0.15) is 0 Å². The van der Waals surface area contributed by atoms with Gasteiger partial charge in [-0.15, -0.1) is 0 Å². The fourth-order valence-corrected chi connectivity index (χ4v) is 3.63. The van der Waals surface area contributed by atoms with Crippen molar-refractivity contribution in [1.82, 2.24) is 10.6 Å². The number of hydrogen-bond acceptors (Lipinski definition) is 2. The summed E-state index contributed by atoms with van der Waals surface area (Å²) in [6, 6.07) is 0. The molecule has 1 saturated heterocycles. The second kappa shape index (κ2) is 5.71. The molecule has 1 heterocycles. The molecule has 0 radical (unpaired) electrons. The molecule has 2 N–H and O–H groups in total. The summed E-state index contributed by atoms with van der Waals surface area (Å²) < 4.78 is 0. The monoisotopic (exact) mass is 238 g/mol. The molecule has 2 heteroatoms. The average molecular weight is 238 g/mol. The van der Waals surface area contributed by atoms with Gasteiger partial charge in [0.05, 0.1) is 0 Å². The Bertz CT molecular complexity index is 225. The average Bonchev–Trinajstić information content (AvgIpc) is 2.79. The summed E-state index contributed by atoms with van der Waals surface area (Å²) in [6.07, 6.45) is 11.1. The van der Waals surface area contributed by atoms with Gasteiger partial charge in [0, 0.05) is 18.6 Å². The fourth-order valence-electron chi connectivity index (χ4n) is 3.63. The van der Waals surface area contributed by atoms with Crippen molar-refractivity contribution in [2.45, 2.75) is 70.8 Å². The molecule has 1 aliphatic carbocycles. The van der Waals surface area contributed by atoms with Gasteiger partial charge in [-0.05, 0) is 44.1 Å².